The molecule has 0 aliphatic heterocycles. The molecule has 0 spiro atoms. The van der Waals surface area contributed by atoms with Gasteiger partial charge >= 0.3 is 6.18 Å². The average molecular weight is 343 g/mol. The van der Waals surface area contributed by atoms with E-state index < -0.39 is 17.8 Å². The van der Waals surface area contributed by atoms with E-state index in [9.17, 15) is 22.8 Å². The van der Waals surface area contributed by atoms with Crippen molar-refractivity contribution in [1.29, 1.82) is 0 Å². The fourth-order valence-corrected chi connectivity index (χ4v) is 2.29. The van der Waals surface area contributed by atoms with E-state index in [1.165, 1.54) is 17.4 Å². The number of anilines is 1. The SMILES string of the molecule is O=C(CCNC(=O)c1ccsc1)Nc1cccc(C(F)(F)F)n1. The Labute approximate surface area is 133 Å². The van der Waals surface area contributed by atoms with E-state index in [1.54, 1.807) is 16.8 Å². The standard InChI is InChI=1S/C14H12F3N3O2S/c15-14(16,17)10-2-1-3-11(19-10)20-12(21)4-6-18-13(22)9-5-7-23-8-9/h1-3,5,7-8H,4,6H2,(H,18,22)(H,19,20,21). The lowest BCUT2D eigenvalue weighted by atomic mass is 10.3. The number of hydrogen-bond donors (Lipinski definition) is 2. The third kappa shape index (κ3) is 5.06. The number of amides is 2. The van der Waals surface area contributed by atoms with E-state index in [-0.39, 0.29) is 24.7 Å². The van der Waals surface area contributed by atoms with Crippen LogP contribution in [0.2, 0.25) is 0 Å². The largest absolute Gasteiger partial charge is 0.433 e. The minimum Gasteiger partial charge on any atom is -0.351 e. The predicted octanol–water partition coefficient (Wildman–Crippen LogP) is 2.92. The number of hydrogen-bond acceptors (Lipinski definition) is 4. The Morgan fingerprint density at radius 1 is 1.22 bits per heavy atom. The van der Waals surface area contributed by atoms with Crippen LogP contribution in [0.25, 0.3) is 0 Å². The summed E-state index contributed by atoms with van der Waals surface area (Å²) >= 11 is 1.37. The number of carbonyl (C=O) groups is 2. The van der Waals surface area contributed by atoms with Gasteiger partial charge in [-0.3, -0.25) is 9.59 Å². The van der Waals surface area contributed by atoms with E-state index in [0.29, 0.717) is 5.56 Å². The first-order valence-corrected chi connectivity index (χ1v) is 7.45. The molecule has 0 radical (unpaired) electrons. The van der Waals surface area contributed by atoms with Crippen LogP contribution in [0.1, 0.15) is 22.5 Å². The van der Waals surface area contributed by atoms with Crippen molar-refractivity contribution in [1.82, 2.24) is 10.3 Å². The third-order valence-corrected chi connectivity index (χ3v) is 3.41. The fourth-order valence-electron chi connectivity index (χ4n) is 1.65. The Balaban J connectivity index is 1.82. The summed E-state index contributed by atoms with van der Waals surface area (Å²) in [5.74, 6) is -1.03. The Kier molecular flexibility index (Phi) is 5.32. The number of pyridine rings is 1. The Morgan fingerprint density at radius 3 is 2.65 bits per heavy atom. The number of alkyl halides is 3. The quantitative estimate of drug-likeness (QED) is 0.877. The maximum Gasteiger partial charge on any atom is 0.433 e. The van der Waals surface area contributed by atoms with Gasteiger partial charge in [-0.15, -0.1) is 0 Å². The van der Waals surface area contributed by atoms with Crippen LogP contribution in [0.5, 0.6) is 0 Å². The number of rotatable bonds is 5. The molecule has 2 N–H and O–H groups in total. The normalized spacial score (nSPS) is 11.1. The van der Waals surface area contributed by atoms with Crippen molar-refractivity contribution in [3.05, 3.63) is 46.3 Å². The smallest absolute Gasteiger partial charge is 0.351 e. The van der Waals surface area contributed by atoms with Crippen molar-refractivity contribution < 1.29 is 22.8 Å². The molecule has 5 nitrogen and oxygen atoms in total. The van der Waals surface area contributed by atoms with Crippen LogP contribution in [0.4, 0.5) is 19.0 Å². The van der Waals surface area contributed by atoms with Crippen LogP contribution in [0, 0.1) is 0 Å². The summed E-state index contributed by atoms with van der Waals surface area (Å²) in [5, 5.41) is 8.23. The van der Waals surface area contributed by atoms with Gasteiger partial charge in [0.2, 0.25) is 5.91 Å². The van der Waals surface area contributed by atoms with Gasteiger partial charge in [0.25, 0.3) is 5.91 Å². The first-order chi connectivity index (χ1) is 10.9. The van der Waals surface area contributed by atoms with Gasteiger partial charge in [-0.1, -0.05) is 6.07 Å². The van der Waals surface area contributed by atoms with Gasteiger partial charge < -0.3 is 10.6 Å². The van der Waals surface area contributed by atoms with Gasteiger partial charge in [0, 0.05) is 23.9 Å². The first-order valence-electron chi connectivity index (χ1n) is 6.51. The number of carbonyl (C=O) groups excluding carboxylic acids is 2. The number of halogens is 3. The van der Waals surface area contributed by atoms with Gasteiger partial charge in [-0.2, -0.15) is 24.5 Å². The van der Waals surface area contributed by atoms with E-state index in [2.05, 4.69) is 15.6 Å². The lowest BCUT2D eigenvalue weighted by Gasteiger charge is -2.09. The highest BCUT2D eigenvalue weighted by Gasteiger charge is 2.32. The molecule has 0 aliphatic carbocycles. The summed E-state index contributed by atoms with van der Waals surface area (Å²) in [4.78, 5) is 26.6. The maximum atomic E-state index is 12.5. The van der Waals surface area contributed by atoms with Gasteiger partial charge in [-0.05, 0) is 23.6 Å². The first kappa shape index (κ1) is 16.9. The molecule has 2 amide bonds. The van der Waals surface area contributed by atoms with E-state index in [0.717, 1.165) is 12.1 Å². The molecular formula is C14H12F3N3O2S. The molecule has 2 aromatic heterocycles. The minimum absolute atomic E-state index is 0.0689. The molecule has 2 rings (SSSR count). The summed E-state index contributed by atoms with van der Waals surface area (Å²) in [6.07, 6.45) is -4.65. The minimum atomic E-state index is -4.57. The van der Waals surface area contributed by atoms with Gasteiger partial charge in [0.1, 0.15) is 11.5 Å². The molecule has 0 aromatic carbocycles. The molecule has 0 bridgehead atoms. The lowest BCUT2D eigenvalue weighted by Crippen LogP contribution is -2.27. The number of nitrogens with zero attached hydrogens (tertiary/aromatic N) is 1. The Bertz CT molecular complexity index is 687. The van der Waals surface area contributed by atoms with Crippen molar-refractivity contribution in [2.24, 2.45) is 0 Å². The van der Waals surface area contributed by atoms with E-state index in [4.69, 9.17) is 0 Å². The van der Waals surface area contributed by atoms with Crippen LogP contribution in [0.15, 0.2) is 35.0 Å². The molecule has 0 saturated heterocycles. The van der Waals surface area contributed by atoms with Crippen molar-refractivity contribution in [2.75, 3.05) is 11.9 Å². The predicted molar refractivity (Wildman–Crippen MR) is 79.1 cm³/mol. The second-order valence-corrected chi connectivity index (χ2v) is 5.25. The van der Waals surface area contributed by atoms with Crippen LogP contribution < -0.4 is 10.6 Å². The second kappa shape index (κ2) is 7.23. The third-order valence-electron chi connectivity index (χ3n) is 2.73. The molecule has 23 heavy (non-hydrogen) atoms. The lowest BCUT2D eigenvalue weighted by molar-refractivity contribution is -0.141. The van der Waals surface area contributed by atoms with Crippen molar-refractivity contribution in [2.45, 2.75) is 12.6 Å². The summed E-state index contributed by atoms with van der Waals surface area (Å²) in [6, 6.07) is 4.88. The highest BCUT2D eigenvalue weighted by molar-refractivity contribution is 7.08. The summed E-state index contributed by atoms with van der Waals surface area (Å²) in [7, 11) is 0. The highest BCUT2D eigenvalue weighted by Crippen LogP contribution is 2.28. The molecule has 122 valence electrons. The van der Waals surface area contributed by atoms with Crippen LogP contribution in [-0.4, -0.2) is 23.3 Å². The van der Waals surface area contributed by atoms with Crippen LogP contribution in [-0.2, 0) is 11.0 Å². The Hall–Kier alpha value is -2.42. The van der Waals surface area contributed by atoms with Gasteiger partial charge in [0.05, 0.1) is 0 Å². The highest BCUT2D eigenvalue weighted by atomic mass is 32.1. The summed E-state index contributed by atoms with van der Waals surface area (Å²) in [6.45, 7) is 0.0689. The van der Waals surface area contributed by atoms with Crippen LogP contribution in [0.3, 0.4) is 0 Å². The maximum absolute atomic E-state index is 12.5. The number of aromatic nitrogens is 1. The zero-order chi connectivity index (χ0) is 16.9. The average Bonchev–Trinajstić information content (AvgIpc) is 3.00. The topological polar surface area (TPSA) is 71.1 Å². The molecule has 0 aliphatic rings. The monoisotopic (exact) mass is 343 g/mol. The summed E-state index contributed by atoms with van der Waals surface area (Å²) < 4.78 is 37.5. The molecule has 0 fully saturated rings. The van der Waals surface area contributed by atoms with Crippen molar-refractivity contribution >= 4 is 29.0 Å². The molecule has 2 heterocycles. The number of thiophene rings is 1. The van der Waals surface area contributed by atoms with Crippen molar-refractivity contribution in [3.8, 4) is 0 Å². The zero-order valence-electron chi connectivity index (χ0n) is 11.7. The molecular weight excluding hydrogens is 331 g/mol. The van der Waals surface area contributed by atoms with Gasteiger partial charge in [0.15, 0.2) is 0 Å². The molecule has 0 unspecified atom stereocenters. The van der Waals surface area contributed by atoms with E-state index >= 15 is 0 Å². The molecule has 0 atom stereocenters. The van der Waals surface area contributed by atoms with E-state index in [1.807, 2.05) is 0 Å². The molecule has 9 heteroatoms. The summed E-state index contributed by atoms with van der Waals surface area (Å²) in [5.41, 5.74) is -0.587. The zero-order valence-corrected chi connectivity index (χ0v) is 12.5. The van der Waals surface area contributed by atoms with Crippen molar-refractivity contribution in [3.63, 3.8) is 0 Å². The van der Waals surface area contributed by atoms with Gasteiger partial charge in [-0.25, -0.2) is 4.98 Å². The second-order valence-electron chi connectivity index (χ2n) is 4.47. The Morgan fingerprint density at radius 2 is 2.00 bits per heavy atom. The molecule has 0 saturated carbocycles. The fraction of sp³-hybridized carbons (Fsp3) is 0.214. The molecule has 2 aromatic rings. The van der Waals surface area contributed by atoms with Crippen LogP contribution >= 0.6 is 11.3 Å². The number of nitrogens with one attached hydrogen (secondary N) is 2.